The van der Waals surface area contributed by atoms with Gasteiger partial charge in [0.2, 0.25) is 0 Å². The fraction of sp³-hybridized carbons (Fsp3) is 0.538. The van der Waals surface area contributed by atoms with Gasteiger partial charge in [-0.25, -0.2) is 4.98 Å². The maximum Gasteiger partial charge on any atom is 0.304 e. The number of fused-ring (bicyclic) bond motifs is 1. The number of anilines is 1. The summed E-state index contributed by atoms with van der Waals surface area (Å²) in [4.78, 5) is 9.11. The van der Waals surface area contributed by atoms with Crippen molar-refractivity contribution in [3.63, 3.8) is 0 Å². The van der Waals surface area contributed by atoms with E-state index in [0.717, 1.165) is 49.1 Å². The molecule has 1 fully saturated rings. The molecule has 2 aromatic rings. The summed E-state index contributed by atoms with van der Waals surface area (Å²) in [6.45, 7) is 8.74. The number of hydrogen-bond donors (Lipinski definition) is 0. The van der Waals surface area contributed by atoms with Gasteiger partial charge >= 0.3 is 10.2 Å². The first-order chi connectivity index (χ1) is 17.4. The topological polar surface area (TPSA) is 84.3 Å². The molecule has 2 aliphatic rings. The second-order valence-electron chi connectivity index (χ2n) is 8.71. The molecule has 0 atom stereocenters. The summed E-state index contributed by atoms with van der Waals surface area (Å²) in [5.41, 5.74) is 3.94. The lowest BCUT2D eigenvalue weighted by atomic mass is 10.1. The zero-order chi connectivity index (χ0) is 26.0. The Bertz CT molecular complexity index is 1130. The number of oxime groups is 1. The van der Waals surface area contributed by atoms with E-state index in [1.54, 1.807) is 12.1 Å². The fourth-order valence-electron chi connectivity index (χ4n) is 4.14. The number of nitrogens with zero attached hydrogens (tertiary/aromatic N) is 4. The van der Waals surface area contributed by atoms with E-state index in [4.69, 9.17) is 21.2 Å². The van der Waals surface area contributed by atoms with Crippen molar-refractivity contribution in [3.8, 4) is 5.75 Å². The Hall–Kier alpha value is -2.36. The molecule has 0 amide bonds. The summed E-state index contributed by atoms with van der Waals surface area (Å²) in [6, 6.07) is 9.35. The Morgan fingerprint density at radius 1 is 1.06 bits per heavy atom. The summed E-state index contributed by atoms with van der Waals surface area (Å²) >= 11 is 5.91. The highest BCUT2D eigenvalue weighted by atomic mass is 35.5. The van der Waals surface area contributed by atoms with Gasteiger partial charge in [0.05, 0.1) is 18.0 Å². The minimum absolute atomic E-state index is 0.281. The largest absolute Gasteiger partial charge is 0.494 e. The van der Waals surface area contributed by atoms with Crippen LogP contribution >= 0.6 is 11.6 Å². The number of ether oxygens (including phenoxy) is 1. The van der Waals surface area contributed by atoms with Gasteiger partial charge in [-0.15, -0.1) is 0 Å². The lowest BCUT2D eigenvalue weighted by molar-refractivity contribution is 0.158. The number of halogens is 1. The summed E-state index contributed by atoms with van der Waals surface area (Å²) < 4.78 is 34.5. The molecule has 2 heterocycles. The first-order valence-corrected chi connectivity index (χ1v) is 14.5. The maximum atomic E-state index is 12.8. The lowest BCUT2D eigenvalue weighted by Crippen LogP contribution is -2.33. The number of pyridine rings is 1. The molecule has 1 saturated heterocycles. The van der Waals surface area contributed by atoms with Gasteiger partial charge in [-0.05, 0) is 74.9 Å². The molecule has 8 nitrogen and oxygen atoms in total. The third-order valence-corrected chi connectivity index (χ3v) is 7.97. The molecular weight excluding hydrogens is 500 g/mol. The molecule has 0 spiro atoms. The van der Waals surface area contributed by atoms with Crippen molar-refractivity contribution in [3.05, 3.63) is 52.8 Å². The van der Waals surface area contributed by atoms with Gasteiger partial charge in [0.15, 0.2) is 0 Å². The Morgan fingerprint density at radius 3 is 2.61 bits per heavy atom. The van der Waals surface area contributed by atoms with Crippen molar-refractivity contribution < 1.29 is 18.0 Å². The molecule has 1 aliphatic heterocycles. The van der Waals surface area contributed by atoms with Crippen LogP contribution in [0.25, 0.3) is 0 Å². The van der Waals surface area contributed by atoms with E-state index in [1.807, 2.05) is 13.0 Å². The first-order valence-electron chi connectivity index (χ1n) is 12.7. The predicted octanol–water partition coefficient (Wildman–Crippen LogP) is 5.45. The zero-order valence-electron chi connectivity index (χ0n) is 21.5. The molecular formula is C26H37ClN4O4S. The van der Waals surface area contributed by atoms with Crippen molar-refractivity contribution in [1.29, 1.82) is 0 Å². The van der Waals surface area contributed by atoms with Gasteiger partial charge in [-0.1, -0.05) is 37.0 Å². The van der Waals surface area contributed by atoms with Gasteiger partial charge in [-0.3, -0.25) is 4.31 Å². The lowest BCUT2D eigenvalue weighted by Gasteiger charge is -2.20. The van der Waals surface area contributed by atoms with Crippen molar-refractivity contribution in [1.82, 2.24) is 9.29 Å². The van der Waals surface area contributed by atoms with Crippen molar-refractivity contribution >= 4 is 33.2 Å². The number of unbranched alkanes of at least 4 members (excludes halogenated alkanes) is 2. The van der Waals surface area contributed by atoms with Crippen LogP contribution < -0.4 is 9.04 Å². The highest BCUT2D eigenvalue weighted by Gasteiger charge is 2.36. The van der Waals surface area contributed by atoms with Crippen molar-refractivity contribution in [2.75, 3.05) is 37.2 Å². The third kappa shape index (κ3) is 7.33. The summed E-state index contributed by atoms with van der Waals surface area (Å²) in [6.07, 6.45) is 7.16. The molecule has 0 N–H and O–H groups in total. The summed E-state index contributed by atoms with van der Waals surface area (Å²) in [5, 5.41) is 4.48. The van der Waals surface area contributed by atoms with E-state index in [-0.39, 0.29) is 5.15 Å². The van der Waals surface area contributed by atoms with Gasteiger partial charge in [0.25, 0.3) is 0 Å². The average Bonchev–Trinajstić information content (AvgIpc) is 3.39. The van der Waals surface area contributed by atoms with E-state index < -0.39 is 10.2 Å². The zero-order valence-corrected chi connectivity index (χ0v) is 23.0. The van der Waals surface area contributed by atoms with Crippen LogP contribution in [0.4, 0.5) is 5.69 Å². The van der Waals surface area contributed by atoms with Crippen LogP contribution in [0.3, 0.4) is 0 Å². The van der Waals surface area contributed by atoms with Gasteiger partial charge in [0, 0.05) is 31.4 Å². The Kier molecular flexibility index (Phi) is 10.8. The van der Waals surface area contributed by atoms with Gasteiger partial charge < -0.3 is 9.57 Å². The molecule has 4 rings (SSSR count). The van der Waals surface area contributed by atoms with E-state index in [0.29, 0.717) is 38.5 Å². The predicted molar refractivity (Wildman–Crippen MR) is 145 cm³/mol. The summed E-state index contributed by atoms with van der Waals surface area (Å²) in [7, 11) is -3.52. The van der Waals surface area contributed by atoms with E-state index in [9.17, 15) is 8.42 Å². The molecule has 36 heavy (non-hydrogen) atoms. The van der Waals surface area contributed by atoms with Crippen LogP contribution in [0.15, 0.2) is 41.7 Å². The van der Waals surface area contributed by atoms with Crippen LogP contribution in [0, 0.1) is 0 Å². The Balaban J connectivity index is 0.00000115. The third-order valence-electron chi connectivity index (χ3n) is 5.80. The normalized spacial score (nSPS) is 17.6. The quantitative estimate of drug-likeness (QED) is 0.229. The number of hydrogen-bond acceptors (Lipinski definition) is 6. The Labute approximate surface area is 220 Å². The molecule has 0 unspecified atom stereocenters. The standard InChI is InChI=1S/C23H29ClN4O4S.C3H8/c1-2-32-26-22-9-6-18-16-20(7-8-21(18)22)31-15-5-3-4-12-27-13-14-28(33(27,29)30)19-10-11-25-23(24)17-19;1-3-2/h7-8,10-11,16-17H,2-6,9,12-15H2,1H3;3H2,1-2H3/b26-22+;. The molecule has 1 aromatic carbocycles. The number of aryl methyl sites for hydroxylation is 1. The SMILES string of the molecule is CCC.CCO/N=C1\CCc2cc(OCCCCCN3CCN(c4ccnc(Cl)c4)S3(=O)=O)ccc21. The molecule has 0 radical (unpaired) electrons. The molecule has 0 bridgehead atoms. The van der Waals surface area contributed by atoms with Crippen molar-refractivity contribution in [2.45, 2.75) is 59.3 Å². The highest BCUT2D eigenvalue weighted by Crippen LogP contribution is 2.28. The van der Waals surface area contributed by atoms with Crippen LogP contribution in [0.1, 0.15) is 64.0 Å². The van der Waals surface area contributed by atoms with Gasteiger partial charge in [-0.2, -0.15) is 12.7 Å². The number of rotatable bonds is 10. The maximum absolute atomic E-state index is 12.8. The van der Waals surface area contributed by atoms with E-state index in [2.05, 4.69) is 36.1 Å². The minimum Gasteiger partial charge on any atom is -0.494 e. The smallest absolute Gasteiger partial charge is 0.304 e. The number of aromatic nitrogens is 1. The average molecular weight is 537 g/mol. The monoisotopic (exact) mass is 536 g/mol. The molecule has 1 aromatic heterocycles. The first kappa shape index (κ1) is 28.2. The van der Waals surface area contributed by atoms with Crippen LogP contribution in [0.5, 0.6) is 5.75 Å². The molecule has 1 aliphatic carbocycles. The highest BCUT2D eigenvalue weighted by molar-refractivity contribution is 7.90. The Morgan fingerprint density at radius 2 is 1.86 bits per heavy atom. The van der Waals surface area contributed by atoms with E-state index in [1.165, 1.54) is 26.8 Å². The molecule has 0 saturated carbocycles. The molecule has 10 heteroatoms. The second-order valence-corrected chi connectivity index (χ2v) is 10.9. The summed E-state index contributed by atoms with van der Waals surface area (Å²) in [5.74, 6) is 0.861. The van der Waals surface area contributed by atoms with Crippen LogP contribution in [-0.4, -0.2) is 56.3 Å². The van der Waals surface area contributed by atoms with Crippen LogP contribution in [0.2, 0.25) is 5.15 Å². The van der Waals surface area contributed by atoms with E-state index >= 15 is 0 Å². The number of benzene rings is 1. The van der Waals surface area contributed by atoms with Crippen molar-refractivity contribution in [2.24, 2.45) is 5.16 Å². The second kappa shape index (κ2) is 13.8. The fourth-order valence-corrected chi connectivity index (χ4v) is 5.95. The van der Waals surface area contributed by atoms with Crippen LogP contribution in [-0.2, 0) is 21.5 Å². The minimum atomic E-state index is -3.52. The van der Waals surface area contributed by atoms with Gasteiger partial charge in [0.1, 0.15) is 17.5 Å². The molecule has 198 valence electrons.